The summed E-state index contributed by atoms with van der Waals surface area (Å²) in [6.07, 6.45) is 5.46. The average Bonchev–Trinajstić information content (AvgIpc) is 2.28. The van der Waals surface area contributed by atoms with Crippen molar-refractivity contribution in [3.05, 3.63) is 0 Å². The molecule has 1 atom stereocenters. The zero-order chi connectivity index (χ0) is 11.3. The highest BCUT2D eigenvalue weighted by Crippen LogP contribution is 2.04. The Bertz CT molecular complexity index is 251. The van der Waals surface area contributed by atoms with Crippen molar-refractivity contribution in [2.75, 3.05) is 32.7 Å². The van der Waals surface area contributed by atoms with Gasteiger partial charge in [0.1, 0.15) is 0 Å². The Balaban J connectivity index is 2.40. The molecule has 0 aromatic heterocycles. The van der Waals surface area contributed by atoms with Crippen molar-refractivity contribution in [3.8, 4) is 12.3 Å². The first kappa shape index (κ1) is 12.0. The predicted octanol–water partition coefficient (Wildman–Crippen LogP) is -0.499. The van der Waals surface area contributed by atoms with Crippen molar-refractivity contribution < 1.29 is 4.79 Å². The van der Waals surface area contributed by atoms with Crippen LogP contribution in [0.2, 0.25) is 0 Å². The first-order chi connectivity index (χ1) is 7.19. The normalized spacial score (nSPS) is 19.7. The van der Waals surface area contributed by atoms with E-state index in [1.54, 1.807) is 0 Å². The van der Waals surface area contributed by atoms with Crippen LogP contribution in [0.15, 0.2) is 0 Å². The summed E-state index contributed by atoms with van der Waals surface area (Å²) in [6, 6.07) is -0.525. The number of carbonyl (C=O) groups excluding carboxylic acids is 1. The van der Waals surface area contributed by atoms with Gasteiger partial charge in [-0.05, 0) is 6.54 Å². The van der Waals surface area contributed by atoms with Gasteiger partial charge in [-0.2, -0.15) is 0 Å². The number of rotatable bonds is 3. The Morgan fingerprint density at radius 1 is 1.47 bits per heavy atom. The molecule has 0 radical (unpaired) electrons. The van der Waals surface area contributed by atoms with E-state index in [1.807, 2.05) is 4.90 Å². The fourth-order valence-electron chi connectivity index (χ4n) is 1.73. The van der Waals surface area contributed by atoms with Crippen LogP contribution < -0.4 is 5.73 Å². The average molecular weight is 209 g/mol. The molecule has 1 aliphatic rings. The van der Waals surface area contributed by atoms with Crippen LogP contribution in [0, 0.1) is 12.3 Å². The summed E-state index contributed by atoms with van der Waals surface area (Å²) in [5.74, 6) is 2.41. The highest BCUT2D eigenvalue weighted by molar-refractivity contribution is 5.82. The summed E-state index contributed by atoms with van der Waals surface area (Å²) in [5.41, 5.74) is 5.68. The van der Waals surface area contributed by atoms with E-state index < -0.39 is 6.04 Å². The molecule has 0 bridgehead atoms. The molecule has 0 aliphatic carbocycles. The molecule has 15 heavy (non-hydrogen) atoms. The SMILES string of the molecule is C#CCC(N)C(=O)N1CCN(CC)CC1. The molecule has 4 nitrogen and oxygen atoms in total. The molecule has 2 N–H and O–H groups in total. The minimum Gasteiger partial charge on any atom is -0.339 e. The Hall–Kier alpha value is -1.05. The van der Waals surface area contributed by atoms with Gasteiger partial charge in [0.05, 0.1) is 6.04 Å². The van der Waals surface area contributed by atoms with Crippen molar-refractivity contribution in [1.82, 2.24) is 9.80 Å². The van der Waals surface area contributed by atoms with E-state index in [4.69, 9.17) is 12.2 Å². The van der Waals surface area contributed by atoms with Crippen molar-refractivity contribution >= 4 is 5.91 Å². The lowest BCUT2D eigenvalue weighted by molar-refractivity contribution is -0.134. The molecule has 1 amide bonds. The highest BCUT2D eigenvalue weighted by Gasteiger charge is 2.23. The van der Waals surface area contributed by atoms with Crippen LogP contribution in [0.4, 0.5) is 0 Å². The lowest BCUT2D eigenvalue weighted by Crippen LogP contribution is -2.52. The molecule has 1 rings (SSSR count). The second-order valence-corrected chi connectivity index (χ2v) is 3.77. The Morgan fingerprint density at radius 3 is 2.53 bits per heavy atom. The molecule has 4 heteroatoms. The molecular weight excluding hydrogens is 190 g/mol. The third-order valence-corrected chi connectivity index (χ3v) is 2.79. The zero-order valence-corrected chi connectivity index (χ0v) is 9.28. The van der Waals surface area contributed by atoms with Crippen LogP contribution in [0.3, 0.4) is 0 Å². The third kappa shape index (κ3) is 3.22. The van der Waals surface area contributed by atoms with Crippen molar-refractivity contribution in [1.29, 1.82) is 0 Å². The first-order valence-electron chi connectivity index (χ1n) is 5.39. The largest absolute Gasteiger partial charge is 0.339 e. The maximum atomic E-state index is 11.8. The zero-order valence-electron chi connectivity index (χ0n) is 9.28. The summed E-state index contributed by atoms with van der Waals surface area (Å²) in [4.78, 5) is 15.9. The first-order valence-corrected chi connectivity index (χ1v) is 5.39. The molecule has 0 aromatic rings. The van der Waals surface area contributed by atoms with Crippen LogP contribution in [0.5, 0.6) is 0 Å². The second kappa shape index (κ2) is 5.74. The molecule has 1 heterocycles. The second-order valence-electron chi connectivity index (χ2n) is 3.77. The van der Waals surface area contributed by atoms with Gasteiger partial charge in [0, 0.05) is 32.6 Å². The van der Waals surface area contributed by atoms with Gasteiger partial charge in [0.25, 0.3) is 0 Å². The molecule has 1 unspecified atom stereocenters. The molecule has 0 saturated carbocycles. The quantitative estimate of drug-likeness (QED) is 0.638. The number of likely N-dealkylation sites (N-methyl/N-ethyl adjacent to an activating group) is 1. The predicted molar refractivity (Wildman–Crippen MR) is 60.1 cm³/mol. The lowest BCUT2D eigenvalue weighted by Gasteiger charge is -2.35. The van der Waals surface area contributed by atoms with Crippen LogP contribution >= 0.6 is 0 Å². The number of nitrogens with zero attached hydrogens (tertiary/aromatic N) is 2. The summed E-state index contributed by atoms with van der Waals surface area (Å²) in [5, 5.41) is 0. The standard InChI is InChI=1S/C11H19N3O/c1-3-5-10(12)11(15)14-8-6-13(4-2)7-9-14/h1,10H,4-9,12H2,2H3. The van der Waals surface area contributed by atoms with E-state index in [0.29, 0.717) is 6.42 Å². The monoisotopic (exact) mass is 209 g/mol. The summed E-state index contributed by atoms with van der Waals surface area (Å²) in [6.45, 7) is 6.58. The number of amides is 1. The number of hydrogen-bond acceptors (Lipinski definition) is 3. The van der Waals surface area contributed by atoms with E-state index in [1.165, 1.54) is 0 Å². The topological polar surface area (TPSA) is 49.6 Å². The van der Waals surface area contributed by atoms with Gasteiger partial charge in [0.15, 0.2) is 0 Å². The van der Waals surface area contributed by atoms with Crippen molar-refractivity contribution in [2.24, 2.45) is 5.73 Å². The highest BCUT2D eigenvalue weighted by atomic mass is 16.2. The van der Waals surface area contributed by atoms with Crippen LogP contribution in [0.25, 0.3) is 0 Å². The van der Waals surface area contributed by atoms with Crippen molar-refractivity contribution in [2.45, 2.75) is 19.4 Å². The van der Waals surface area contributed by atoms with Gasteiger partial charge < -0.3 is 15.5 Å². The summed E-state index contributed by atoms with van der Waals surface area (Å²) in [7, 11) is 0. The van der Waals surface area contributed by atoms with E-state index in [-0.39, 0.29) is 5.91 Å². The molecule has 0 aromatic carbocycles. The molecule has 1 saturated heterocycles. The molecule has 84 valence electrons. The van der Waals surface area contributed by atoms with Gasteiger partial charge in [-0.25, -0.2) is 0 Å². The summed E-state index contributed by atoms with van der Waals surface area (Å²) >= 11 is 0. The fraction of sp³-hybridized carbons (Fsp3) is 0.727. The smallest absolute Gasteiger partial charge is 0.240 e. The molecule has 1 fully saturated rings. The van der Waals surface area contributed by atoms with Gasteiger partial charge in [0.2, 0.25) is 5.91 Å². The third-order valence-electron chi connectivity index (χ3n) is 2.79. The molecule has 1 aliphatic heterocycles. The number of carbonyl (C=O) groups is 1. The Morgan fingerprint density at radius 2 is 2.07 bits per heavy atom. The van der Waals surface area contributed by atoms with Gasteiger partial charge in [-0.3, -0.25) is 4.79 Å². The number of nitrogens with two attached hydrogens (primary N) is 1. The van der Waals surface area contributed by atoms with Gasteiger partial charge in [-0.15, -0.1) is 12.3 Å². The summed E-state index contributed by atoms with van der Waals surface area (Å²) < 4.78 is 0. The minimum absolute atomic E-state index is 0.0105. The Kier molecular flexibility index (Phi) is 4.60. The molecular formula is C11H19N3O. The van der Waals surface area contributed by atoms with E-state index >= 15 is 0 Å². The van der Waals surface area contributed by atoms with Crippen molar-refractivity contribution in [3.63, 3.8) is 0 Å². The van der Waals surface area contributed by atoms with Gasteiger partial charge in [-0.1, -0.05) is 6.92 Å². The molecule has 0 spiro atoms. The number of piperazine rings is 1. The number of terminal acetylenes is 1. The maximum absolute atomic E-state index is 11.8. The Labute approximate surface area is 91.4 Å². The fourth-order valence-corrected chi connectivity index (χ4v) is 1.73. The van der Waals surface area contributed by atoms with E-state index in [2.05, 4.69) is 17.7 Å². The number of hydrogen-bond donors (Lipinski definition) is 1. The van der Waals surface area contributed by atoms with E-state index in [0.717, 1.165) is 32.7 Å². The maximum Gasteiger partial charge on any atom is 0.240 e. The minimum atomic E-state index is -0.525. The lowest BCUT2D eigenvalue weighted by atomic mass is 10.2. The van der Waals surface area contributed by atoms with Crippen LogP contribution in [-0.2, 0) is 4.79 Å². The van der Waals surface area contributed by atoms with E-state index in [9.17, 15) is 4.79 Å². The van der Waals surface area contributed by atoms with Crippen LogP contribution in [-0.4, -0.2) is 54.5 Å². The van der Waals surface area contributed by atoms with Crippen LogP contribution in [0.1, 0.15) is 13.3 Å². The van der Waals surface area contributed by atoms with Gasteiger partial charge >= 0.3 is 0 Å².